The van der Waals surface area contributed by atoms with E-state index in [1.807, 2.05) is 13.0 Å². The van der Waals surface area contributed by atoms with E-state index in [1.54, 1.807) is 12.1 Å². The zero-order chi connectivity index (χ0) is 26.2. The van der Waals surface area contributed by atoms with Crippen molar-refractivity contribution in [2.75, 3.05) is 24.9 Å². The first kappa shape index (κ1) is 25.4. The van der Waals surface area contributed by atoms with Crippen molar-refractivity contribution in [2.45, 2.75) is 32.0 Å². The molecule has 12 heteroatoms. The monoisotopic (exact) mass is 522 g/mol. The number of carbonyl (C=O) groups excluding carboxylic acids is 2. The topological polar surface area (TPSA) is 94.5 Å². The van der Waals surface area contributed by atoms with Crippen LogP contribution in [0.5, 0.6) is 11.5 Å². The number of benzene rings is 2. The number of carbonyl (C=O) groups is 2. The van der Waals surface area contributed by atoms with Crippen LogP contribution in [0.1, 0.15) is 30.6 Å². The Morgan fingerprint density at radius 2 is 1.89 bits per heavy atom. The van der Waals surface area contributed by atoms with E-state index in [0.717, 1.165) is 17.7 Å². The predicted molar refractivity (Wildman–Crippen MR) is 128 cm³/mol. The maximum atomic E-state index is 13.1. The Labute approximate surface area is 209 Å². The molecule has 1 aromatic heterocycles. The van der Waals surface area contributed by atoms with E-state index >= 15 is 0 Å². The van der Waals surface area contributed by atoms with Gasteiger partial charge in [0.2, 0.25) is 5.91 Å². The third-order valence-electron chi connectivity index (χ3n) is 5.76. The number of anilines is 2. The SMILES string of the molecule is CCc1nn2c(c1-c1ccc(OC)c(OC)c1)NC(=O)C2CC(=O)Nc1ccc(Cl)c(C(F)(F)F)c1. The maximum absolute atomic E-state index is 13.1. The Balaban J connectivity index is 1.61. The van der Waals surface area contributed by atoms with E-state index < -0.39 is 34.6 Å². The minimum atomic E-state index is -4.68. The number of rotatable bonds is 7. The van der Waals surface area contributed by atoms with Crippen molar-refractivity contribution in [3.63, 3.8) is 0 Å². The number of hydrogen-bond donors (Lipinski definition) is 2. The molecule has 0 radical (unpaired) electrons. The number of nitrogens with zero attached hydrogens (tertiary/aromatic N) is 2. The number of aromatic nitrogens is 2. The third-order valence-corrected chi connectivity index (χ3v) is 6.09. The molecule has 2 amide bonds. The summed E-state index contributed by atoms with van der Waals surface area (Å²) in [4.78, 5) is 25.4. The van der Waals surface area contributed by atoms with Crippen LogP contribution in [0.3, 0.4) is 0 Å². The number of fused-ring (bicyclic) bond motifs is 1. The van der Waals surface area contributed by atoms with Gasteiger partial charge >= 0.3 is 6.18 Å². The summed E-state index contributed by atoms with van der Waals surface area (Å²) in [5, 5.41) is 9.26. The van der Waals surface area contributed by atoms with Gasteiger partial charge in [0.1, 0.15) is 11.9 Å². The number of ether oxygens (including phenoxy) is 2. The molecule has 2 aromatic carbocycles. The first-order chi connectivity index (χ1) is 17.1. The maximum Gasteiger partial charge on any atom is 0.417 e. The number of halogens is 4. The number of aryl methyl sites for hydroxylation is 1. The lowest BCUT2D eigenvalue weighted by atomic mass is 10.0. The van der Waals surface area contributed by atoms with Crippen LogP contribution < -0.4 is 20.1 Å². The quantitative estimate of drug-likeness (QED) is 0.438. The molecule has 2 heterocycles. The number of alkyl halides is 3. The van der Waals surface area contributed by atoms with Gasteiger partial charge in [0.05, 0.1) is 36.9 Å². The van der Waals surface area contributed by atoms with Crippen LogP contribution in [0.15, 0.2) is 36.4 Å². The molecular formula is C24H22ClF3N4O4. The molecule has 2 N–H and O–H groups in total. The van der Waals surface area contributed by atoms with Crippen LogP contribution in [0.2, 0.25) is 5.02 Å². The van der Waals surface area contributed by atoms with Crippen molar-refractivity contribution >= 4 is 34.9 Å². The van der Waals surface area contributed by atoms with Crippen molar-refractivity contribution < 1.29 is 32.2 Å². The molecule has 0 spiro atoms. The molecule has 190 valence electrons. The zero-order valence-corrected chi connectivity index (χ0v) is 20.3. The number of nitrogens with one attached hydrogen (secondary N) is 2. The smallest absolute Gasteiger partial charge is 0.417 e. The van der Waals surface area contributed by atoms with Crippen molar-refractivity contribution in [3.8, 4) is 22.6 Å². The van der Waals surface area contributed by atoms with Gasteiger partial charge in [-0.15, -0.1) is 0 Å². The van der Waals surface area contributed by atoms with Crippen molar-refractivity contribution in [2.24, 2.45) is 0 Å². The molecule has 36 heavy (non-hydrogen) atoms. The average Bonchev–Trinajstić information content (AvgIpc) is 3.34. The van der Waals surface area contributed by atoms with Gasteiger partial charge in [-0.3, -0.25) is 9.59 Å². The Bertz CT molecular complexity index is 1340. The van der Waals surface area contributed by atoms with Crippen LogP contribution in [-0.2, 0) is 22.2 Å². The highest BCUT2D eigenvalue weighted by Gasteiger charge is 2.37. The Hall–Kier alpha value is -3.73. The van der Waals surface area contributed by atoms with Gasteiger partial charge < -0.3 is 20.1 Å². The highest BCUT2D eigenvalue weighted by molar-refractivity contribution is 6.31. The summed E-state index contributed by atoms with van der Waals surface area (Å²) in [7, 11) is 3.04. The second-order valence-corrected chi connectivity index (χ2v) is 8.40. The Morgan fingerprint density at radius 1 is 1.17 bits per heavy atom. The summed E-state index contributed by atoms with van der Waals surface area (Å²) in [5.41, 5.74) is 0.951. The number of hydrogen-bond acceptors (Lipinski definition) is 5. The summed E-state index contributed by atoms with van der Waals surface area (Å²) in [6, 6.07) is 7.39. The third kappa shape index (κ3) is 4.70. The normalized spacial score (nSPS) is 14.9. The highest BCUT2D eigenvalue weighted by Crippen LogP contribution is 2.42. The molecule has 1 aliphatic heterocycles. The predicted octanol–water partition coefficient (Wildman–Crippen LogP) is 5.32. The fourth-order valence-electron chi connectivity index (χ4n) is 4.07. The van der Waals surface area contributed by atoms with Crippen molar-refractivity contribution in [1.29, 1.82) is 0 Å². The van der Waals surface area contributed by atoms with E-state index in [-0.39, 0.29) is 12.1 Å². The van der Waals surface area contributed by atoms with Crippen LogP contribution in [0.25, 0.3) is 11.1 Å². The summed E-state index contributed by atoms with van der Waals surface area (Å²) in [6.07, 6.45) is -4.47. The van der Waals surface area contributed by atoms with Gasteiger partial charge in [-0.1, -0.05) is 24.6 Å². The molecule has 0 aliphatic carbocycles. The molecule has 1 unspecified atom stereocenters. The molecule has 0 saturated heterocycles. The fourth-order valence-corrected chi connectivity index (χ4v) is 4.29. The molecular weight excluding hydrogens is 501 g/mol. The minimum Gasteiger partial charge on any atom is -0.493 e. The van der Waals surface area contributed by atoms with E-state index in [9.17, 15) is 22.8 Å². The summed E-state index contributed by atoms with van der Waals surface area (Å²) in [5.74, 6) is 0.354. The highest BCUT2D eigenvalue weighted by atomic mass is 35.5. The van der Waals surface area contributed by atoms with Crippen LogP contribution in [0, 0.1) is 0 Å². The van der Waals surface area contributed by atoms with Gasteiger partial charge in [-0.25, -0.2) is 4.68 Å². The van der Waals surface area contributed by atoms with Crippen molar-refractivity contribution in [1.82, 2.24) is 9.78 Å². The molecule has 0 fully saturated rings. The van der Waals surface area contributed by atoms with Gasteiger partial charge in [0.25, 0.3) is 5.91 Å². The number of amides is 2. The molecule has 1 atom stereocenters. The van der Waals surface area contributed by atoms with E-state index in [0.29, 0.717) is 35.0 Å². The summed E-state index contributed by atoms with van der Waals surface area (Å²) >= 11 is 5.64. The second-order valence-electron chi connectivity index (χ2n) is 7.99. The average molecular weight is 523 g/mol. The summed E-state index contributed by atoms with van der Waals surface area (Å²) in [6.45, 7) is 1.91. The minimum absolute atomic E-state index is 0.0870. The van der Waals surface area contributed by atoms with E-state index in [1.165, 1.54) is 25.0 Å². The molecule has 0 saturated carbocycles. The Kier molecular flexibility index (Phi) is 6.85. The first-order valence-electron chi connectivity index (χ1n) is 10.9. The fraction of sp³-hybridized carbons (Fsp3) is 0.292. The lowest BCUT2D eigenvalue weighted by Crippen LogP contribution is -2.24. The molecule has 4 rings (SSSR count). The molecule has 3 aromatic rings. The standard InChI is InChI=1S/C24H22ClF3N4O4/c1-4-16-21(12-5-8-18(35-2)19(9-12)36-3)22-30-23(34)17(32(22)31-16)11-20(33)29-13-6-7-15(25)14(10-13)24(26,27)28/h5-10,17H,4,11H2,1-3H3,(H,29,33)(H,30,34). The van der Waals surface area contributed by atoms with Crippen LogP contribution in [0.4, 0.5) is 24.7 Å². The van der Waals surface area contributed by atoms with Gasteiger partial charge in [0, 0.05) is 11.3 Å². The zero-order valence-electron chi connectivity index (χ0n) is 19.5. The largest absolute Gasteiger partial charge is 0.493 e. The van der Waals surface area contributed by atoms with Gasteiger partial charge in [0.15, 0.2) is 11.5 Å². The van der Waals surface area contributed by atoms with E-state index in [2.05, 4.69) is 15.7 Å². The molecule has 8 nitrogen and oxygen atoms in total. The summed E-state index contributed by atoms with van der Waals surface area (Å²) < 4.78 is 51.5. The van der Waals surface area contributed by atoms with Gasteiger partial charge in [-0.05, 0) is 42.3 Å². The van der Waals surface area contributed by atoms with E-state index in [4.69, 9.17) is 21.1 Å². The van der Waals surface area contributed by atoms with Gasteiger partial charge in [-0.2, -0.15) is 18.3 Å². The second kappa shape index (κ2) is 9.73. The number of methoxy groups -OCH3 is 2. The molecule has 0 bridgehead atoms. The first-order valence-corrected chi connectivity index (χ1v) is 11.3. The Morgan fingerprint density at radius 3 is 2.53 bits per heavy atom. The van der Waals surface area contributed by atoms with Crippen LogP contribution in [-0.4, -0.2) is 35.8 Å². The van der Waals surface area contributed by atoms with Crippen LogP contribution >= 0.6 is 11.6 Å². The van der Waals surface area contributed by atoms with Crippen molar-refractivity contribution in [3.05, 3.63) is 52.7 Å². The molecule has 1 aliphatic rings. The lowest BCUT2D eigenvalue weighted by molar-refractivity contribution is -0.137. The lowest BCUT2D eigenvalue weighted by Gasteiger charge is -2.13.